The number of carbonyl (C=O) groups excluding carboxylic acids is 1. The van der Waals surface area contributed by atoms with Crippen molar-refractivity contribution in [2.24, 2.45) is 0 Å². The number of allylic oxidation sites excluding steroid dienone is 1. The molecule has 40 heavy (non-hydrogen) atoms. The van der Waals surface area contributed by atoms with Gasteiger partial charge in [-0.25, -0.2) is 9.78 Å². The quantitative estimate of drug-likeness (QED) is 0.106. The zero-order valence-electron chi connectivity index (χ0n) is 22.9. The summed E-state index contributed by atoms with van der Waals surface area (Å²) in [5.41, 5.74) is 3.32. The van der Waals surface area contributed by atoms with Crippen LogP contribution in [0.1, 0.15) is 36.3 Å². The highest BCUT2D eigenvalue weighted by Gasteiger charge is 2.09. The summed E-state index contributed by atoms with van der Waals surface area (Å²) in [4.78, 5) is 18.5. The van der Waals surface area contributed by atoms with Crippen LogP contribution in [-0.4, -0.2) is 70.1 Å². The number of benzene rings is 2. The third-order valence-electron chi connectivity index (χ3n) is 6.01. The lowest BCUT2D eigenvalue weighted by molar-refractivity contribution is 0.0469. The van der Waals surface area contributed by atoms with Gasteiger partial charge in [0.15, 0.2) is 0 Å². The Balaban J connectivity index is 1.29. The normalized spacial score (nSPS) is 11.4. The SMILES string of the molecule is CN(CCOC(=O)NCCOCCOCCCCCCCl)c1ccc(/C=C(\C#N)c2nc3ccccc3s2)cc1. The van der Waals surface area contributed by atoms with Crippen LogP contribution >= 0.6 is 22.9 Å². The van der Waals surface area contributed by atoms with Crippen molar-refractivity contribution in [3.8, 4) is 6.07 Å². The number of anilines is 1. The average Bonchev–Trinajstić information content (AvgIpc) is 3.41. The summed E-state index contributed by atoms with van der Waals surface area (Å²) >= 11 is 7.16. The molecule has 2 aromatic carbocycles. The lowest BCUT2D eigenvalue weighted by Crippen LogP contribution is -2.31. The average molecular weight is 585 g/mol. The molecule has 214 valence electrons. The summed E-state index contributed by atoms with van der Waals surface area (Å²) in [5.74, 6) is 0.722. The van der Waals surface area contributed by atoms with E-state index in [-0.39, 0.29) is 6.61 Å². The van der Waals surface area contributed by atoms with Crippen LogP contribution < -0.4 is 10.2 Å². The molecule has 0 radical (unpaired) electrons. The van der Waals surface area contributed by atoms with Gasteiger partial charge < -0.3 is 24.4 Å². The van der Waals surface area contributed by atoms with Crippen LogP contribution in [0, 0.1) is 11.3 Å². The number of nitrogens with zero attached hydrogens (tertiary/aromatic N) is 3. The monoisotopic (exact) mass is 584 g/mol. The second-order valence-corrected chi connectivity index (χ2v) is 10.5. The number of amides is 1. The van der Waals surface area contributed by atoms with E-state index in [0.717, 1.165) is 59.6 Å². The summed E-state index contributed by atoms with van der Waals surface area (Å²) in [6.45, 7) is 3.35. The number of hydrogen-bond donors (Lipinski definition) is 1. The van der Waals surface area contributed by atoms with Gasteiger partial charge in [-0.2, -0.15) is 5.26 Å². The van der Waals surface area contributed by atoms with Crippen molar-refractivity contribution in [3.05, 3.63) is 59.1 Å². The highest BCUT2D eigenvalue weighted by atomic mass is 35.5. The van der Waals surface area contributed by atoms with Crippen LogP contribution in [0.2, 0.25) is 0 Å². The molecule has 0 unspecified atom stereocenters. The van der Waals surface area contributed by atoms with Crippen LogP contribution in [0.15, 0.2) is 48.5 Å². The maximum atomic E-state index is 11.9. The number of fused-ring (bicyclic) bond motifs is 1. The minimum atomic E-state index is -0.468. The molecule has 8 nitrogen and oxygen atoms in total. The van der Waals surface area contributed by atoms with Gasteiger partial charge in [0.1, 0.15) is 17.7 Å². The number of thiazole rings is 1. The van der Waals surface area contributed by atoms with E-state index in [1.165, 1.54) is 11.3 Å². The van der Waals surface area contributed by atoms with Crippen LogP contribution in [0.5, 0.6) is 0 Å². The van der Waals surface area contributed by atoms with Gasteiger partial charge >= 0.3 is 6.09 Å². The Labute approximate surface area is 245 Å². The van der Waals surface area contributed by atoms with Crippen molar-refractivity contribution >= 4 is 56.6 Å². The molecule has 10 heteroatoms. The maximum absolute atomic E-state index is 11.9. The molecule has 0 aliphatic heterocycles. The number of nitriles is 1. The molecule has 0 fully saturated rings. The predicted octanol–water partition coefficient (Wildman–Crippen LogP) is 6.36. The highest BCUT2D eigenvalue weighted by molar-refractivity contribution is 7.19. The molecule has 1 amide bonds. The molecule has 1 heterocycles. The first-order valence-corrected chi connectivity index (χ1v) is 14.9. The van der Waals surface area contributed by atoms with Crippen molar-refractivity contribution in [2.75, 3.05) is 64.0 Å². The third kappa shape index (κ3) is 11.1. The topological polar surface area (TPSA) is 96.7 Å². The van der Waals surface area contributed by atoms with E-state index in [1.807, 2.05) is 66.6 Å². The predicted molar refractivity (Wildman–Crippen MR) is 163 cm³/mol. The number of nitrogens with one attached hydrogen (secondary N) is 1. The van der Waals surface area contributed by atoms with Crippen molar-refractivity contribution in [2.45, 2.75) is 25.7 Å². The molecule has 3 rings (SSSR count). The molecule has 0 atom stereocenters. The van der Waals surface area contributed by atoms with Gasteiger partial charge in [-0.1, -0.05) is 37.1 Å². The number of aromatic nitrogens is 1. The van der Waals surface area contributed by atoms with Gasteiger partial charge in [0.05, 0.1) is 42.2 Å². The molecule has 3 aromatic rings. The number of rotatable bonds is 18. The first-order chi connectivity index (χ1) is 19.6. The number of ether oxygens (including phenoxy) is 3. The van der Waals surface area contributed by atoms with Gasteiger partial charge in [0.2, 0.25) is 0 Å². The Morgan fingerprint density at radius 2 is 1.77 bits per heavy atom. The minimum absolute atomic E-state index is 0.250. The van der Waals surface area contributed by atoms with E-state index in [9.17, 15) is 10.1 Å². The van der Waals surface area contributed by atoms with Crippen LogP contribution in [0.3, 0.4) is 0 Å². The molecule has 0 aliphatic carbocycles. The van der Waals surface area contributed by atoms with Gasteiger partial charge in [-0.15, -0.1) is 22.9 Å². The lowest BCUT2D eigenvalue weighted by atomic mass is 10.1. The number of halogens is 1. The molecular weight excluding hydrogens is 548 g/mol. The number of alkyl halides is 1. The Kier molecular flexibility index (Phi) is 14.3. The Morgan fingerprint density at radius 3 is 2.52 bits per heavy atom. The Hall–Kier alpha value is -3.16. The molecule has 1 aromatic heterocycles. The molecule has 0 spiro atoms. The first kappa shape index (κ1) is 31.4. The second-order valence-electron chi connectivity index (χ2n) is 9.06. The fourth-order valence-electron chi connectivity index (χ4n) is 3.78. The van der Waals surface area contributed by atoms with Crippen molar-refractivity contribution in [3.63, 3.8) is 0 Å². The largest absolute Gasteiger partial charge is 0.448 e. The van der Waals surface area contributed by atoms with Gasteiger partial charge in [0, 0.05) is 31.8 Å². The van der Waals surface area contributed by atoms with Crippen molar-refractivity contribution < 1.29 is 19.0 Å². The lowest BCUT2D eigenvalue weighted by Gasteiger charge is -2.19. The van der Waals surface area contributed by atoms with E-state index < -0.39 is 6.09 Å². The number of carbonyl (C=O) groups is 1. The number of hydrogen-bond acceptors (Lipinski definition) is 8. The van der Waals surface area contributed by atoms with Crippen LogP contribution in [0.25, 0.3) is 21.9 Å². The number of unbranched alkanes of at least 4 members (excludes halogenated alkanes) is 3. The first-order valence-electron chi connectivity index (χ1n) is 13.5. The highest BCUT2D eigenvalue weighted by Crippen LogP contribution is 2.28. The molecule has 0 saturated heterocycles. The van der Waals surface area contributed by atoms with Gasteiger partial charge in [-0.05, 0) is 48.7 Å². The second kappa shape index (κ2) is 18.2. The maximum Gasteiger partial charge on any atom is 0.407 e. The summed E-state index contributed by atoms with van der Waals surface area (Å²) in [5, 5.41) is 13.1. The third-order valence-corrected chi connectivity index (χ3v) is 7.35. The Bertz CT molecular complexity index is 1210. The molecule has 0 bridgehead atoms. The standard InChI is InChI=1S/C30H37ClN4O4S/c1-35(16-19-39-30(36)33-15-18-38-21-20-37-17-7-3-2-6-14-31)26-12-10-24(11-13-26)22-25(23-32)29-34-27-8-4-5-9-28(27)40-29/h4-5,8-13,22H,2-3,6-7,14-21H2,1H3,(H,33,36)/b25-22+. The van der Waals surface area contributed by atoms with Gasteiger partial charge in [0.25, 0.3) is 0 Å². The molecule has 0 aliphatic rings. The van der Waals surface area contributed by atoms with E-state index in [1.54, 1.807) is 0 Å². The number of likely N-dealkylation sites (N-methyl/N-ethyl adjacent to an activating group) is 1. The smallest absolute Gasteiger partial charge is 0.407 e. The van der Waals surface area contributed by atoms with Crippen molar-refractivity contribution in [1.82, 2.24) is 10.3 Å². The zero-order chi connectivity index (χ0) is 28.4. The molecule has 1 N–H and O–H groups in total. The fourth-order valence-corrected chi connectivity index (χ4v) is 4.90. The number of para-hydroxylation sites is 1. The van der Waals surface area contributed by atoms with Crippen LogP contribution in [-0.2, 0) is 14.2 Å². The van der Waals surface area contributed by atoms with Crippen LogP contribution in [0.4, 0.5) is 10.5 Å². The Morgan fingerprint density at radius 1 is 1.02 bits per heavy atom. The van der Waals surface area contributed by atoms with E-state index in [4.69, 9.17) is 25.8 Å². The van der Waals surface area contributed by atoms with E-state index in [0.29, 0.717) is 43.5 Å². The number of alkyl carbamates (subject to hydrolysis) is 1. The molecule has 0 saturated carbocycles. The zero-order valence-corrected chi connectivity index (χ0v) is 24.5. The summed E-state index contributed by atoms with van der Waals surface area (Å²) in [6.07, 6.45) is 5.75. The summed E-state index contributed by atoms with van der Waals surface area (Å²) in [6, 6.07) is 18.0. The molecular formula is C30H37ClN4O4S. The van der Waals surface area contributed by atoms with E-state index >= 15 is 0 Å². The fraction of sp³-hybridized carbons (Fsp3) is 0.433. The van der Waals surface area contributed by atoms with Gasteiger partial charge in [-0.3, -0.25) is 0 Å². The van der Waals surface area contributed by atoms with Crippen molar-refractivity contribution in [1.29, 1.82) is 5.26 Å². The summed E-state index contributed by atoms with van der Waals surface area (Å²) < 4.78 is 17.3. The van der Waals surface area contributed by atoms with E-state index in [2.05, 4.69) is 16.4 Å². The minimum Gasteiger partial charge on any atom is -0.448 e. The summed E-state index contributed by atoms with van der Waals surface area (Å²) in [7, 11) is 1.93.